The molecule has 3 aromatic heterocycles. The number of anilines is 2. The summed E-state index contributed by atoms with van der Waals surface area (Å²) in [6.07, 6.45) is 1.61. The van der Waals surface area contributed by atoms with E-state index in [0.717, 1.165) is 59.5 Å². The number of hydrogen-bond acceptors (Lipinski definition) is 9. The highest BCUT2D eigenvalue weighted by Gasteiger charge is 2.28. The third kappa shape index (κ3) is 3.17. The van der Waals surface area contributed by atoms with Gasteiger partial charge in [0.25, 0.3) is 0 Å². The second kappa shape index (κ2) is 7.34. The minimum atomic E-state index is -0.350. The van der Waals surface area contributed by atoms with Crippen molar-refractivity contribution in [3.8, 4) is 0 Å². The van der Waals surface area contributed by atoms with Gasteiger partial charge in [0.05, 0.1) is 23.4 Å². The Hall–Kier alpha value is -2.75. The van der Waals surface area contributed by atoms with E-state index in [9.17, 15) is 4.79 Å². The molecule has 4 rings (SSSR count). The molecule has 0 N–H and O–H groups in total. The zero-order valence-electron chi connectivity index (χ0n) is 16.5. The number of piperazine rings is 1. The number of pyridine rings is 1. The van der Waals surface area contributed by atoms with Gasteiger partial charge in [-0.1, -0.05) is 0 Å². The molecule has 0 saturated carbocycles. The maximum Gasteiger partial charge on any atom is 0.341 e. The fourth-order valence-corrected chi connectivity index (χ4v) is 4.34. The monoisotopic (exact) mass is 401 g/mol. The summed E-state index contributed by atoms with van der Waals surface area (Å²) in [6, 6.07) is 0. The summed E-state index contributed by atoms with van der Waals surface area (Å²) in [5.74, 6) is 0.450. The largest absolute Gasteiger partial charge is 0.462 e. The Morgan fingerprint density at radius 2 is 1.93 bits per heavy atom. The first kappa shape index (κ1) is 18.6. The van der Waals surface area contributed by atoms with Gasteiger partial charge in [0, 0.05) is 51.0 Å². The van der Waals surface area contributed by atoms with Crippen molar-refractivity contribution in [1.82, 2.24) is 24.1 Å². The van der Waals surface area contributed by atoms with Gasteiger partial charge in [0.15, 0.2) is 5.65 Å². The van der Waals surface area contributed by atoms with Gasteiger partial charge in [-0.3, -0.25) is 4.68 Å². The number of rotatable bonds is 4. The molecule has 1 saturated heterocycles. The molecular formula is C18H23N7O2S. The van der Waals surface area contributed by atoms with Crippen LogP contribution < -0.4 is 9.80 Å². The number of carbonyl (C=O) groups is 1. The maximum atomic E-state index is 12.6. The van der Waals surface area contributed by atoms with Crippen molar-refractivity contribution in [2.24, 2.45) is 7.05 Å². The molecule has 0 atom stereocenters. The van der Waals surface area contributed by atoms with Crippen LogP contribution in [-0.2, 0) is 11.8 Å². The molecule has 1 fully saturated rings. The Morgan fingerprint density at radius 1 is 1.21 bits per heavy atom. The summed E-state index contributed by atoms with van der Waals surface area (Å²) < 4.78 is 11.3. The minimum absolute atomic E-state index is 0.326. The molecule has 0 aliphatic carbocycles. The third-order valence-corrected chi connectivity index (χ3v) is 5.75. The molecule has 0 aromatic carbocycles. The van der Waals surface area contributed by atoms with Crippen LogP contribution in [0.3, 0.4) is 0 Å². The molecule has 0 spiro atoms. The second-order valence-electron chi connectivity index (χ2n) is 6.75. The van der Waals surface area contributed by atoms with Gasteiger partial charge >= 0.3 is 5.97 Å². The topological polar surface area (TPSA) is 89.3 Å². The van der Waals surface area contributed by atoms with E-state index in [4.69, 9.17) is 4.74 Å². The molecule has 4 heterocycles. The summed E-state index contributed by atoms with van der Waals surface area (Å²) in [5.41, 5.74) is 2.98. The van der Waals surface area contributed by atoms with Gasteiger partial charge in [-0.15, -0.1) is 0 Å². The number of aryl methyl sites for hydroxylation is 3. The van der Waals surface area contributed by atoms with Crippen LogP contribution in [0.4, 0.5) is 10.8 Å². The Labute approximate surface area is 167 Å². The first-order chi connectivity index (χ1) is 13.5. The van der Waals surface area contributed by atoms with E-state index < -0.39 is 0 Å². The fraction of sp³-hybridized carbons (Fsp3) is 0.500. The number of nitrogens with zero attached hydrogens (tertiary/aromatic N) is 7. The summed E-state index contributed by atoms with van der Waals surface area (Å²) in [4.78, 5) is 26.0. The molecule has 28 heavy (non-hydrogen) atoms. The maximum absolute atomic E-state index is 12.6. The summed E-state index contributed by atoms with van der Waals surface area (Å²) in [6.45, 7) is 9.12. The number of carbonyl (C=O) groups excluding carboxylic acids is 1. The minimum Gasteiger partial charge on any atom is -0.462 e. The molecule has 0 radical (unpaired) electrons. The average Bonchev–Trinajstić information content (AvgIpc) is 3.25. The molecular weight excluding hydrogens is 378 g/mol. The molecule has 148 valence electrons. The lowest BCUT2D eigenvalue weighted by molar-refractivity contribution is 0.0527. The number of fused-ring (bicyclic) bond motifs is 1. The van der Waals surface area contributed by atoms with E-state index in [1.165, 1.54) is 11.5 Å². The van der Waals surface area contributed by atoms with E-state index in [1.807, 2.05) is 27.8 Å². The van der Waals surface area contributed by atoms with Crippen LogP contribution in [0, 0.1) is 13.8 Å². The average molecular weight is 401 g/mol. The Balaban J connectivity index is 1.70. The lowest BCUT2D eigenvalue weighted by Gasteiger charge is -2.36. The highest BCUT2D eigenvalue weighted by molar-refractivity contribution is 7.09. The Morgan fingerprint density at radius 3 is 2.57 bits per heavy atom. The normalized spacial score (nSPS) is 14.7. The highest BCUT2D eigenvalue weighted by Crippen LogP contribution is 2.33. The lowest BCUT2D eigenvalue weighted by atomic mass is 10.1. The van der Waals surface area contributed by atoms with Crippen molar-refractivity contribution < 1.29 is 9.53 Å². The van der Waals surface area contributed by atoms with E-state index in [2.05, 4.69) is 29.2 Å². The van der Waals surface area contributed by atoms with Gasteiger partial charge in [-0.2, -0.15) is 9.47 Å². The Bertz CT molecular complexity index is 1020. The van der Waals surface area contributed by atoms with Crippen LogP contribution in [-0.4, -0.2) is 62.9 Å². The SMILES string of the molecule is CCOC(=O)c1cnc2c(c(C)nn2C)c1N1CCN(c2nc(C)ns2)CC1. The quantitative estimate of drug-likeness (QED) is 0.613. The highest BCUT2D eigenvalue weighted by atomic mass is 32.1. The van der Waals surface area contributed by atoms with Crippen LogP contribution in [0.25, 0.3) is 11.0 Å². The molecule has 0 amide bonds. The Kier molecular flexibility index (Phi) is 4.88. The molecule has 0 unspecified atom stereocenters. The van der Waals surface area contributed by atoms with Crippen LogP contribution in [0.2, 0.25) is 0 Å². The smallest absolute Gasteiger partial charge is 0.341 e. The van der Waals surface area contributed by atoms with Gasteiger partial charge in [0.2, 0.25) is 5.13 Å². The van der Waals surface area contributed by atoms with E-state index >= 15 is 0 Å². The van der Waals surface area contributed by atoms with Crippen molar-refractivity contribution in [3.63, 3.8) is 0 Å². The van der Waals surface area contributed by atoms with Crippen molar-refractivity contribution in [2.75, 3.05) is 42.6 Å². The zero-order valence-corrected chi connectivity index (χ0v) is 17.3. The fourth-order valence-electron chi connectivity index (χ4n) is 3.62. The number of ether oxygens (including phenoxy) is 1. The van der Waals surface area contributed by atoms with Crippen LogP contribution in [0.15, 0.2) is 6.20 Å². The molecule has 0 bridgehead atoms. The molecule has 10 heteroatoms. The molecule has 3 aromatic rings. The molecule has 9 nitrogen and oxygen atoms in total. The molecule has 1 aliphatic rings. The van der Waals surface area contributed by atoms with E-state index in [1.54, 1.807) is 10.9 Å². The van der Waals surface area contributed by atoms with E-state index in [-0.39, 0.29) is 5.97 Å². The van der Waals surface area contributed by atoms with Crippen LogP contribution >= 0.6 is 11.5 Å². The van der Waals surface area contributed by atoms with Crippen molar-refractivity contribution in [2.45, 2.75) is 20.8 Å². The van der Waals surface area contributed by atoms with Crippen molar-refractivity contribution >= 4 is 39.4 Å². The van der Waals surface area contributed by atoms with Crippen molar-refractivity contribution in [1.29, 1.82) is 0 Å². The third-order valence-electron chi connectivity index (χ3n) is 4.88. The van der Waals surface area contributed by atoms with Gasteiger partial charge in [-0.25, -0.2) is 14.8 Å². The summed E-state index contributed by atoms with van der Waals surface area (Å²) in [5, 5.41) is 6.36. The van der Waals surface area contributed by atoms with Crippen molar-refractivity contribution in [3.05, 3.63) is 23.3 Å². The van der Waals surface area contributed by atoms with Gasteiger partial charge < -0.3 is 14.5 Å². The standard InChI is InChI=1S/C18H23N7O2S/c1-5-27-17(26)13-10-19-16-14(11(2)21-23(16)4)15(13)24-6-8-25(9-7-24)18-20-12(3)22-28-18/h10H,5-9H2,1-4H3. The lowest BCUT2D eigenvalue weighted by Crippen LogP contribution is -2.47. The predicted molar refractivity (Wildman–Crippen MR) is 108 cm³/mol. The summed E-state index contributed by atoms with van der Waals surface area (Å²) in [7, 11) is 1.87. The number of hydrogen-bond donors (Lipinski definition) is 0. The first-order valence-corrected chi connectivity index (χ1v) is 10.1. The van der Waals surface area contributed by atoms with E-state index in [0.29, 0.717) is 12.2 Å². The first-order valence-electron chi connectivity index (χ1n) is 9.29. The van der Waals surface area contributed by atoms with Crippen LogP contribution in [0.1, 0.15) is 28.8 Å². The second-order valence-corrected chi connectivity index (χ2v) is 7.48. The number of esters is 1. The zero-order chi connectivity index (χ0) is 19.8. The number of aromatic nitrogens is 5. The summed E-state index contributed by atoms with van der Waals surface area (Å²) >= 11 is 1.42. The van der Waals surface area contributed by atoms with Crippen LogP contribution in [0.5, 0.6) is 0 Å². The predicted octanol–water partition coefficient (Wildman–Crippen LogP) is 1.94. The van der Waals surface area contributed by atoms with Gasteiger partial charge in [0.1, 0.15) is 11.4 Å². The molecule has 1 aliphatic heterocycles. The van der Waals surface area contributed by atoms with Gasteiger partial charge in [-0.05, 0) is 20.8 Å².